The predicted octanol–water partition coefficient (Wildman–Crippen LogP) is 3.33. The summed E-state index contributed by atoms with van der Waals surface area (Å²) in [6, 6.07) is 11.9. The molecule has 1 aliphatic carbocycles. The first-order valence-electron chi connectivity index (χ1n) is 10.5. The first kappa shape index (κ1) is 21.5. The van der Waals surface area contributed by atoms with Gasteiger partial charge in [0.25, 0.3) is 5.69 Å². The zero-order valence-electron chi connectivity index (χ0n) is 17.1. The number of sulfonamides is 1. The molecule has 1 N–H and O–H groups in total. The minimum absolute atomic E-state index is 0.0409. The molecule has 2 aliphatic rings. The lowest BCUT2D eigenvalue weighted by Crippen LogP contribution is -2.52. The molecule has 0 saturated carbocycles. The van der Waals surface area contributed by atoms with Crippen LogP contribution in [-0.4, -0.2) is 36.1 Å². The van der Waals surface area contributed by atoms with Gasteiger partial charge in [-0.25, -0.2) is 8.42 Å². The van der Waals surface area contributed by atoms with Gasteiger partial charge in [0.05, 0.1) is 15.9 Å². The molecular formula is C22H25N3O5S. The van der Waals surface area contributed by atoms with Crippen molar-refractivity contribution in [2.24, 2.45) is 0 Å². The Morgan fingerprint density at radius 1 is 1.03 bits per heavy atom. The Labute approximate surface area is 181 Å². The van der Waals surface area contributed by atoms with Crippen molar-refractivity contribution in [3.8, 4) is 0 Å². The highest BCUT2D eigenvalue weighted by Crippen LogP contribution is 2.31. The maximum Gasteiger partial charge on any atom is 0.269 e. The van der Waals surface area contributed by atoms with Crippen LogP contribution in [0.3, 0.4) is 0 Å². The summed E-state index contributed by atoms with van der Waals surface area (Å²) in [5, 5.41) is 14.0. The lowest BCUT2D eigenvalue weighted by atomic mass is 9.87. The molecule has 0 bridgehead atoms. The second kappa shape index (κ2) is 8.76. The van der Waals surface area contributed by atoms with Gasteiger partial charge in [0.1, 0.15) is 6.04 Å². The quantitative estimate of drug-likeness (QED) is 0.563. The van der Waals surface area contributed by atoms with Crippen LogP contribution in [0.15, 0.2) is 53.4 Å². The number of aryl methyl sites for hydroxylation is 1. The molecule has 1 saturated heterocycles. The largest absolute Gasteiger partial charge is 0.348 e. The van der Waals surface area contributed by atoms with Gasteiger partial charge in [-0.2, -0.15) is 4.31 Å². The summed E-state index contributed by atoms with van der Waals surface area (Å²) in [4.78, 5) is 23.5. The monoisotopic (exact) mass is 443 g/mol. The normalized spacial score (nSPS) is 21.8. The first-order valence-corrected chi connectivity index (χ1v) is 12.0. The summed E-state index contributed by atoms with van der Waals surface area (Å²) in [6.45, 7) is 0.249. The fourth-order valence-electron chi connectivity index (χ4n) is 4.50. The molecule has 31 heavy (non-hydrogen) atoms. The van der Waals surface area contributed by atoms with E-state index in [0.29, 0.717) is 12.8 Å². The number of hydrogen-bond acceptors (Lipinski definition) is 5. The molecule has 8 nitrogen and oxygen atoms in total. The van der Waals surface area contributed by atoms with Crippen LogP contribution in [0, 0.1) is 10.1 Å². The second-order valence-electron chi connectivity index (χ2n) is 8.03. The van der Waals surface area contributed by atoms with Gasteiger partial charge in [-0.3, -0.25) is 14.9 Å². The van der Waals surface area contributed by atoms with Crippen molar-refractivity contribution < 1.29 is 18.1 Å². The Morgan fingerprint density at radius 3 is 2.52 bits per heavy atom. The number of nitrogens with one attached hydrogen (secondary N) is 1. The summed E-state index contributed by atoms with van der Waals surface area (Å²) in [5.41, 5.74) is 2.14. The summed E-state index contributed by atoms with van der Waals surface area (Å²) in [7, 11) is -3.95. The highest BCUT2D eigenvalue weighted by Gasteiger charge is 2.38. The van der Waals surface area contributed by atoms with Crippen LogP contribution in [-0.2, 0) is 21.2 Å². The van der Waals surface area contributed by atoms with Crippen LogP contribution in [0.4, 0.5) is 5.69 Å². The predicted molar refractivity (Wildman–Crippen MR) is 115 cm³/mol. The molecular weight excluding hydrogens is 418 g/mol. The smallest absolute Gasteiger partial charge is 0.269 e. The topological polar surface area (TPSA) is 110 Å². The van der Waals surface area contributed by atoms with E-state index in [0.717, 1.165) is 31.2 Å². The average Bonchev–Trinajstić information content (AvgIpc) is 2.79. The maximum atomic E-state index is 13.2. The van der Waals surface area contributed by atoms with Crippen molar-refractivity contribution in [1.29, 1.82) is 0 Å². The van der Waals surface area contributed by atoms with Crippen LogP contribution < -0.4 is 5.32 Å². The molecule has 9 heteroatoms. The van der Waals surface area contributed by atoms with Gasteiger partial charge in [0, 0.05) is 18.7 Å². The third-order valence-electron chi connectivity index (χ3n) is 6.10. The summed E-state index contributed by atoms with van der Waals surface area (Å²) < 4.78 is 27.8. The molecule has 0 aromatic heterocycles. The second-order valence-corrected chi connectivity index (χ2v) is 9.92. The molecule has 0 spiro atoms. The Bertz CT molecular complexity index is 1080. The molecule has 2 aromatic carbocycles. The molecule has 164 valence electrons. The SMILES string of the molecule is O=C(N[C@@H]1CCCc2ccccc21)[C@@H]1CCCCN1S(=O)(=O)c1ccc([N+](=O)[O-])cc1. The minimum Gasteiger partial charge on any atom is -0.348 e. The van der Waals surface area contributed by atoms with Crippen molar-refractivity contribution in [2.75, 3.05) is 6.54 Å². The molecule has 0 unspecified atom stereocenters. The number of nitro groups is 1. The standard InChI is InChI=1S/C22H25N3O5S/c26-22(23-20-9-5-7-16-6-1-2-8-19(16)20)21-10-3-4-15-24(21)31(29,30)18-13-11-17(12-14-18)25(27)28/h1-2,6,8,11-14,20-21H,3-5,7,9-10,15H2,(H,23,26)/t20-,21+/m1/s1. The van der Waals surface area contributed by atoms with Gasteiger partial charge in [-0.1, -0.05) is 30.7 Å². The molecule has 1 amide bonds. The number of piperidine rings is 1. The van der Waals surface area contributed by atoms with E-state index in [1.165, 1.54) is 34.1 Å². The Balaban J connectivity index is 1.56. The average molecular weight is 444 g/mol. The van der Waals surface area contributed by atoms with Crippen molar-refractivity contribution >= 4 is 21.6 Å². The van der Waals surface area contributed by atoms with E-state index >= 15 is 0 Å². The van der Waals surface area contributed by atoms with Crippen LogP contribution in [0.2, 0.25) is 0 Å². The van der Waals surface area contributed by atoms with Gasteiger partial charge < -0.3 is 5.32 Å². The van der Waals surface area contributed by atoms with Crippen LogP contribution in [0.1, 0.15) is 49.3 Å². The molecule has 2 atom stereocenters. The zero-order valence-corrected chi connectivity index (χ0v) is 17.9. The number of hydrogen-bond donors (Lipinski definition) is 1. The molecule has 0 radical (unpaired) electrons. The maximum absolute atomic E-state index is 13.2. The molecule has 2 aromatic rings. The summed E-state index contributed by atoms with van der Waals surface area (Å²) >= 11 is 0. The summed E-state index contributed by atoms with van der Waals surface area (Å²) in [5.74, 6) is -0.285. The number of carbonyl (C=O) groups excluding carboxylic acids is 1. The van der Waals surface area contributed by atoms with E-state index in [2.05, 4.69) is 11.4 Å². The van der Waals surface area contributed by atoms with E-state index in [-0.39, 0.29) is 29.1 Å². The van der Waals surface area contributed by atoms with E-state index in [9.17, 15) is 23.3 Å². The van der Waals surface area contributed by atoms with Crippen molar-refractivity contribution in [2.45, 2.75) is 55.5 Å². The Kier molecular flexibility index (Phi) is 6.06. The van der Waals surface area contributed by atoms with Crippen molar-refractivity contribution in [3.63, 3.8) is 0 Å². The number of fused-ring (bicyclic) bond motifs is 1. The van der Waals surface area contributed by atoms with Crippen LogP contribution in [0.5, 0.6) is 0 Å². The van der Waals surface area contributed by atoms with Gasteiger partial charge in [-0.15, -0.1) is 0 Å². The highest BCUT2D eigenvalue weighted by atomic mass is 32.2. The van der Waals surface area contributed by atoms with E-state index < -0.39 is 21.0 Å². The van der Waals surface area contributed by atoms with Gasteiger partial charge in [-0.05, 0) is 55.4 Å². The van der Waals surface area contributed by atoms with Gasteiger partial charge in [0.15, 0.2) is 0 Å². The lowest BCUT2D eigenvalue weighted by Gasteiger charge is -2.35. The van der Waals surface area contributed by atoms with Crippen molar-refractivity contribution in [1.82, 2.24) is 9.62 Å². The number of nitro benzene ring substituents is 1. The van der Waals surface area contributed by atoms with Gasteiger partial charge in [0.2, 0.25) is 15.9 Å². The number of benzene rings is 2. The Hall–Kier alpha value is -2.78. The number of rotatable bonds is 5. The third kappa shape index (κ3) is 4.33. The minimum atomic E-state index is -3.95. The fourth-order valence-corrected chi connectivity index (χ4v) is 6.16. The molecule has 1 fully saturated rings. The number of carbonyl (C=O) groups is 1. The Morgan fingerprint density at radius 2 is 1.77 bits per heavy atom. The molecule has 1 aliphatic heterocycles. The fraction of sp³-hybridized carbons (Fsp3) is 0.409. The molecule has 4 rings (SSSR count). The zero-order chi connectivity index (χ0) is 22.0. The third-order valence-corrected chi connectivity index (χ3v) is 8.02. The van der Waals surface area contributed by atoms with E-state index in [1.54, 1.807) is 0 Å². The first-order chi connectivity index (χ1) is 14.9. The highest BCUT2D eigenvalue weighted by molar-refractivity contribution is 7.89. The summed E-state index contributed by atoms with van der Waals surface area (Å²) in [6.07, 6.45) is 4.66. The number of nitrogens with zero attached hydrogens (tertiary/aromatic N) is 2. The van der Waals surface area contributed by atoms with Gasteiger partial charge >= 0.3 is 0 Å². The van der Waals surface area contributed by atoms with E-state index in [4.69, 9.17) is 0 Å². The van der Waals surface area contributed by atoms with E-state index in [1.807, 2.05) is 18.2 Å². The number of non-ortho nitro benzene ring substituents is 1. The van der Waals surface area contributed by atoms with Crippen LogP contribution >= 0.6 is 0 Å². The number of amides is 1. The van der Waals surface area contributed by atoms with Crippen molar-refractivity contribution in [3.05, 3.63) is 69.8 Å². The lowest BCUT2D eigenvalue weighted by molar-refractivity contribution is -0.384. The molecule has 1 heterocycles. The van der Waals surface area contributed by atoms with Crippen LogP contribution in [0.25, 0.3) is 0 Å².